The van der Waals surface area contributed by atoms with Crippen LogP contribution in [-0.4, -0.2) is 53.9 Å². The Kier molecular flexibility index (Phi) is 4.47. The molecule has 0 aliphatic carbocycles. The molecule has 1 unspecified atom stereocenters. The summed E-state index contributed by atoms with van der Waals surface area (Å²) in [7, 11) is 1.52. The third-order valence-electron chi connectivity index (χ3n) is 4.39. The molecule has 0 N–H and O–H groups in total. The number of aromatic nitrogens is 2. The highest BCUT2D eigenvalue weighted by Gasteiger charge is 2.28. The van der Waals surface area contributed by atoms with Gasteiger partial charge in [0.15, 0.2) is 11.5 Å². The van der Waals surface area contributed by atoms with Crippen LogP contribution in [0, 0.1) is 0 Å². The summed E-state index contributed by atoms with van der Waals surface area (Å²) in [6.07, 6.45) is 4.62. The van der Waals surface area contributed by atoms with Gasteiger partial charge in [-0.25, -0.2) is 9.97 Å². The summed E-state index contributed by atoms with van der Waals surface area (Å²) in [5, 5.41) is 0. The molecular weight excluding hydrogens is 338 g/mol. The van der Waals surface area contributed by atoms with Gasteiger partial charge in [0.05, 0.1) is 13.7 Å². The SMILES string of the molecule is COc1nccnc1OC1CCCN(C(=O)c2ccc3c(c2)OCO3)C1. The lowest BCUT2D eigenvalue weighted by Gasteiger charge is -2.32. The standard InChI is InChI=1S/C18H19N3O5/c1-23-16-17(20-7-6-19-16)26-13-3-2-8-21(10-13)18(22)12-4-5-14-15(9-12)25-11-24-14/h4-7,9,13H,2-3,8,10-11H2,1H3. The van der Waals surface area contributed by atoms with Crippen molar-refractivity contribution >= 4 is 5.91 Å². The quantitative estimate of drug-likeness (QED) is 0.826. The lowest BCUT2D eigenvalue weighted by Crippen LogP contribution is -2.44. The highest BCUT2D eigenvalue weighted by atomic mass is 16.7. The fourth-order valence-corrected chi connectivity index (χ4v) is 3.12. The summed E-state index contributed by atoms with van der Waals surface area (Å²) < 4.78 is 21.7. The van der Waals surface area contributed by atoms with E-state index in [2.05, 4.69) is 9.97 Å². The molecular formula is C18H19N3O5. The molecule has 0 spiro atoms. The number of fused-ring (bicyclic) bond motifs is 1. The van der Waals surface area contributed by atoms with Gasteiger partial charge in [-0.2, -0.15) is 0 Å². The molecule has 8 nitrogen and oxygen atoms in total. The van der Waals surface area contributed by atoms with Crippen LogP contribution in [0.15, 0.2) is 30.6 Å². The number of ether oxygens (including phenoxy) is 4. The number of rotatable bonds is 4. The largest absolute Gasteiger partial charge is 0.477 e. The van der Waals surface area contributed by atoms with E-state index in [0.29, 0.717) is 41.9 Å². The number of hydrogen-bond acceptors (Lipinski definition) is 7. The topological polar surface area (TPSA) is 83.0 Å². The normalized spacial score (nSPS) is 18.5. The Hall–Kier alpha value is -3.03. The number of amides is 1. The summed E-state index contributed by atoms with van der Waals surface area (Å²) in [6, 6.07) is 5.24. The number of methoxy groups -OCH3 is 1. The minimum atomic E-state index is -0.160. The van der Waals surface area contributed by atoms with Gasteiger partial charge in [0, 0.05) is 24.5 Å². The van der Waals surface area contributed by atoms with Crippen molar-refractivity contribution in [2.75, 3.05) is 27.0 Å². The van der Waals surface area contributed by atoms with Crippen molar-refractivity contribution in [3.05, 3.63) is 36.2 Å². The molecule has 0 saturated carbocycles. The van der Waals surface area contributed by atoms with Gasteiger partial charge in [-0.1, -0.05) is 0 Å². The van der Waals surface area contributed by atoms with E-state index in [1.165, 1.54) is 7.11 Å². The minimum Gasteiger partial charge on any atom is -0.477 e. The fourth-order valence-electron chi connectivity index (χ4n) is 3.12. The van der Waals surface area contributed by atoms with E-state index in [-0.39, 0.29) is 18.8 Å². The molecule has 8 heteroatoms. The first-order chi connectivity index (χ1) is 12.7. The minimum absolute atomic E-state index is 0.0530. The Balaban J connectivity index is 1.45. The molecule has 1 atom stereocenters. The van der Waals surface area contributed by atoms with E-state index < -0.39 is 0 Å². The van der Waals surface area contributed by atoms with Crippen LogP contribution in [0.2, 0.25) is 0 Å². The van der Waals surface area contributed by atoms with Crippen LogP contribution in [0.4, 0.5) is 0 Å². The van der Waals surface area contributed by atoms with Crippen LogP contribution in [0.1, 0.15) is 23.2 Å². The van der Waals surface area contributed by atoms with Gasteiger partial charge in [-0.3, -0.25) is 4.79 Å². The van der Waals surface area contributed by atoms with Gasteiger partial charge < -0.3 is 23.8 Å². The van der Waals surface area contributed by atoms with E-state index in [0.717, 1.165) is 12.8 Å². The predicted molar refractivity (Wildman–Crippen MR) is 90.7 cm³/mol. The van der Waals surface area contributed by atoms with Crippen molar-refractivity contribution in [3.63, 3.8) is 0 Å². The lowest BCUT2D eigenvalue weighted by molar-refractivity contribution is 0.0519. The Labute approximate surface area is 150 Å². The van der Waals surface area contributed by atoms with Gasteiger partial charge >= 0.3 is 0 Å². The second-order valence-corrected chi connectivity index (χ2v) is 6.07. The lowest BCUT2D eigenvalue weighted by atomic mass is 10.1. The van der Waals surface area contributed by atoms with Crippen LogP contribution in [0.3, 0.4) is 0 Å². The zero-order valence-corrected chi connectivity index (χ0v) is 14.4. The van der Waals surface area contributed by atoms with E-state index in [1.807, 2.05) is 0 Å². The highest BCUT2D eigenvalue weighted by molar-refractivity contribution is 5.95. The second-order valence-electron chi connectivity index (χ2n) is 6.07. The zero-order valence-electron chi connectivity index (χ0n) is 14.4. The molecule has 2 aliphatic heterocycles. The first-order valence-electron chi connectivity index (χ1n) is 8.45. The van der Waals surface area contributed by atoms with Crippen LogP contribution in [-0.2, 0) is 0 Å². The maximum absolute atomic E-state index is 12.8. The summed E-state index contributed by atoms with van der Waals surface area (Å²) in [4.78, 5) is 22.9. The molecule has 1 aromatic carbocycles. The molecule has 2 aromatic rings. The average Bonchev–Trinajstić information content (AvgIpc) is 3.16. The predicted octanol–water partition coefficient (Wildman–Crippen LogP) is 1.90. The van der Waals surface area contributed by atoms with Gasteiger partial charge in [0.25, 0.3) is 17.7 Å². The Morgan fingerprint density at radius 3 is 2.85 bits per heavy atom. The Morgan fingerprint density at radius 2 is 2.00 bits per heavy atom. The molecule has 4 rings (SSSR count). The Bertz CT molecular complexity index is 813. The van der Waals surface area contributed by atoms with Crippen molar-refractivity contribution in [2.45, 2.75) is 18.9 Å². The molecule has 26 heavy (non-hydrogen) atoms. The first-order valence-corrected chi connectivity index (χ1v) is 8.45. The average molecular weight is 357 g/mol. The van der Waals surface area contributed by atoms with E-state index >= 15 is 0 Å². The van der Waals surface area contributed by atoms with E-state index in [1.54, 1.807) is 35.5 Å². The van der Waals surface area contributed by atoms with Crippen molar-refractivity contribution in [3.8, 4) is 23.3 Å². The molecule has 1 amide bonds. The number of benzene rings is 1. The van der Waals surface area contributed by atoms with E-state index in [9.17, 15) is 4.79 Å². The van der Waals surface area contributed by atoms with Crippen molar-refractivity contribution < 1.29 is 23.7 Å². The third-order valence-corrected chi connectivity index (χ3v) is 4.39. The van der Waals surface area contributed by atoms with Crippen molar-refractivity contribution in [2.24, 2.45) is 0 Å². The molecule has 1 aromatic heterocycles. The van der Waals surface area contributed by atoms with Gasteiger partial charge in [-0.15, -0.1) is 0 Å². The summed E-state index contributed by atoms with van der Waals surface area (Å²) >= 11 is 0. The molecule has 0 radical (unpaired) electrons. The first kappa shape index (κ1) is 16.4. The summed E-state index contributed by atoms with van der Waals surface area (Å²) in [5.74, 6) is 1.90. The maximum atomic E-state index is 12.8. The van der Waals surface area contributed by atoms with Gasteiger partial charge in [0.2, 0.25) is 6.79 Å². The van der Waals surface area contributed by atoms with Crippen molar-refractivity contribution in [1.82, 2.24) is 14.9 Å². The maximum Gasteiger partial charge on any atom is 0.278 e. The number of likely N-dealkylation sites (tertiary alicyclic amines) is 1. The van der Waals surface area contributed by atoms with Crippen LogP contribution in [0.25, 0.3) is 0 Å². The van der Waals surface area contributed by atoms with E-state index in [4.69, 9.17) is 18.9 Å². The van der Waals surface area contributed by atoms with Crippen LogP contribution >= 0.6 is 0 Å². The molecule has 0 bridgehead atoms. The summed E-state index contributed by atoms with van der Waals surface area (Å²) in [5.41, 5.74) is 0.576. The number of carbonyl (C=O) groups is 1. The van der Waals surface area contributed by atoms with Gasteiger partial charge in [0.1, 0.15) is 6.10 Å². The number of hydrogen-bond donors (Lipinski definition) is 0. The highest BCUT2D eigenvalue weighted by Crippen LogP contribution is 2.33. The molecule has 2 aliphatic rings. The number of piperidine rings is 1. The number of nitrogens with zero attached hydrogens (tertiary/aromatic N) is 3. The molecule has 3 heterocycles. The second kappa shape index (κ2) is 7.07. The Morgan fingerprint density at radius 1 is 1.19 bits per heavy atom. The zero-order chi connectivity index (χ0) is 17.9. The van der Waals surface area contributed by atoms with Crippen molar-refractivity contribution in [1.29, 1.82) is 0 Å². The van der Waals surface area contributed by atoms with Crippen LogP contribution in [0.5, 0.6) is 23.3 Å². The monoisotopic (exact) mass is 357 g/mol. The number of carbonyl (C=O) groups excluding carboxylic acids is 1. The third kappa shape index (κ3) is 3.22. The molecule has 1 fully saturated rings. The molecule has 1 saturated heterocycles. The van der Waals surface area contributed by atoms with Crippen LogP contribution < -0.4 is 18.9 Å². The fraction of sp³-hybridized carbons (Fsp3) is 0.389. The smallest absolute Gasteiger partial charge is 0.278 e. The molecule has 136 valence electrons. The van der Waals surface area contributed by atoms with Gasteiger partial charge in [-0.05, 0) is 31.0 Å². The summed E-state index contributed by atoms with van der Waals surface area (Å²) in [6.45, 7) is 1.35.